The maximum absolute atomic E-state index is 11.9. The summed E-state index contributed by atoms with van der Waals surface area (Å²) in [4.78, 5) is 15.1. The van der Waals surface area contributed by atoms with Crippen LogP contribution in [-0.4, -0.2) is 10.9 Å². The molecule has 1 amide bonds. The van der Waals surface area contributed by atoms with Crippen LogP contribution in [0, 0.1) is 25.2 Å². The summed E-state index contributed by atoms with van der Waals surface area (Å²) in [7, 11) is 0. The number of aromatic amines is 1. The first-order valence-electron chi connectivity index (χ1n) is 6.18. The largest absolute Gasteiger partial charge is 0.467 e. The fraction of sp³-hybridized carbons (Fsp3) is 0.200. The van der Waals surface area contributed by atoms with Gasteiger partial charge in [-0.05, 0) is 43.7 Å². The molecule has 2 heterocycles. The summed E-state index contributed by atoms with van der Waals surface area (Å²) in [6.45, 7) is 4.08. The highest BCUT2D eigenvalue weighted by atomic mass is 16.3. The Morgan fingerprint density at radius 3 is 2.90 bits per heavy atom. The van der Waals surface area contributed by atoms with Gasteiger partial charge in [0, 0.05) is 11.4 Å². The first kappa shape index (κ1) is 13.7. The van der Waals surface area contributed by atoms with Crippen LogP contribution in [0.1, 0.15) is 22.7 Å². The summed E-state index contributed by atoms with van der Waals surface area (Å²) in [5.41, 5.74) is 2.82. The number of aromatic nitrogens is 1. The highest BCUT2D eigenvalue weighted by Crippen LogP contribution is 2.13. The van der Waals surface area contributed by atoms with Gasteiger partial charge in [0.1, 0.15) is 17.4 Å². The van der Waals surface area contributed by atoms with Crippen molar-refractivity contribution >= 4 is 12.0 Å². The number of carbonyl (C=O) groups is 1. The van der Waals surface area contributed by atoms with Gasteiger partial charge in [-0.25, -0.2) is 0 Å². The van der Waals surface area contributed by atoms with Crippen LogP contribution in [0.2, 0.25) is 0 Å². The number of nitrogens with zero attached hydrogens (tertiary/aromatic N) is 1. The molecule has 20 heavy (non-hydrogen) atoms. The summed E-state index contributed by atoms with van der Waals surface area (Å²) in [6, 6.07) is 7.32. The predicted octanol–water partition coefficient (Wildman–Crippen LogP) is 2.45. The van der Waals surface area contributed by atoms with Crippen LogP contribution in [0.25, 0.3) is 6.08 Å². The molecule has 0 aliphatic rings. The van der Waals surface area contributed by atoms with Gasteiger partial charge in [0.2, 0.25) is 0 Å². The Morgan fingerprint density at radius 2 is 2.35 bits per heavy atom. The number of nitrogens with one attached hydrogen (secondary N) is 2. The minimum Gasteiger partial charge on any atom is -0.467 e. The Balaban J connectivity index is 2.09. The van der Waals surface area contributed by atoms with E-state index in [0.717, 1.165) is 17.0 Å². The van der Waals surface area contributed by atoms with Crippen molar-refractivity contribution < 1.29 is 9.21 Å². The fourth-order valence-electron chi connectivity index (χ4n) is 1.88. The van der Waals surface area contributed by atoms with Crippen LogP contribution >= 0.6 is 0 Å². The van der Waals surface area contributed by atoms with Crippen molar-refractivity contribution in [3.8, 4) is 6.07 Å². The number of aryl methyl sites for hydroxylation is 2. The molecule has 2 aromatic heterocycles. The highest BCUT2D eigenvalue weighted by molar-refractivity contribution is 6.01. The third-order valence-electron chi connectivity index (χ3n) is 2.86. The molecule has 0 saturated heterocycles. The summed E-state index contributed by atoms with van der Waals surface area (Å²) >= 11 is 0. The molecule has 0 aromatic carbocycles. The van der Waals surface area contributed by atoms with Crippen molar-refractivity contribution in [3.63, 3.8) is 0 Å². The molecule has 0 spiro atoms. The van der Waals surface area contributed by atoms with Gasteiger partial charge in [-0.1, -0.05) is 0 Å². The average molecular weight is 269 g/mol. The van der Waals surface area contributed by atoms with Crippen LogP contribution in [0.4, 0.5) is 0 Å². The zero-order chi connectivity index (χ0) is 14.5. The molecule has 2 rings (SSSR count). The van der Waals surface area contributed by atoms with E-state index in [1.54, 1.807) is 18.2 Å². The van der Waals surface area contributed by atoms with Gasteiger partial charge in [0.25, 0.3) is 5.91 Å². The molecule has 102 valence electrons. The number of carbonyl (C=O) groups excluding carboxylic acids is 1. The quantitative estimate of drug-likeness (QED) is 0.660. The maximum atomic E-state index is 11.9. The number of amides is 1. The van der Waals surface area contributed by atoms with E-state index in [1.807, 2.05) is 26.0 Å². The van der Waals surface area contributed by atoms with E-state index in [4.69, 9.17) is 9.68 Å². The van der Waals surface area contributed by atoms with Crippen molar-refractivity contribution in [1.29, 1.82) is 5.26 Å². The Hall–Kier alpha value is -2.74. The van der Waals surface area contributed by atoms with Gasteiger partial charge in [0.05, 0.1) is 12.8 Å². The molecule has 0 unspecified atom stereocenters. The second-order valence-electron chi connectivity index (χ2n) is 4.46. The molecule has 2 N–H and O–H groups in total. The summed E-state index contributed by atoms with van der Waals surface area (Å²) in [5, 5.41) is 11.7. The van der Waals surface area contributed by atoms with Crippen molar-refractivity contribution in [2.75, 3.05) is 0 Å². The molecule has 2 aromatic rings. The molecule has 0 saturated carbocycles. The topological polar surface area (TPSA) is 81.8 Å². The van der Waals surface area contributed by atoms with E-state index in [1.165, 1.54) is 6.26 Å². The van der Waals surface area contributed by atoms with E-state index >= 15 is 0 Å². The van der Waals surface area contributed by atoms with E-state index in [-0.39, 0.29) is 12.1 Å². The van der Waals surface area contributed by atoms with Crippen molar-refractivity contribution in [2.45, 2.75) is 20.4 Å². The van der Waals surface area contributed by atoms with E-state index < -0.39 is 5.91 Å². The Kier molecular flexibility index (Phi) is 4.06. The third kappa shape index (κ3) is 3.18. The van der Waals surface area contributed by atoms with Gasteiger partial charge in [-0.15, -0.1) is 0 Å². The van der Waals surface area contributed by atoms with Gasteiger partial charge in [-0.2, -0.15) is 5.26 Å². The van der Waals surface area contributed by atoms with Crippen LogP contribution < -0.4 is 5.32 Å². The number of hydrogen-bond acceptors (Lipinski definition) is 3. The Labute approximate surface area is 116 Å². The van der Waals surface area contributed by atoms with Crippen molar-refractivity contribution in [3.05, 3.63) is 52.7 Å². The SMILES string of the molecule is Cc1cc(/C=C(\C#N)C(=O)NCc2ccco2)c(C)[nH]1. The molecule has 5 nitrogen and oxygen atoms in total. The van der Waals surface area contributed by atoms with Crippen LogP contribution in [0.3, 0.4) is 0 Å². The van der Waals surface area contributed by atoms with Gasteiger partial charge in [-0.3, -0.25) is 4.79 Å². The number of H-pyrrole nitrogens is 1. The normalized spacial score (nSPS) is 11.2. The second-order valence-corrected chi connectivity index (χ2v) is 4.46. The van der Waals surface area contributed by atoms with Crippen LogP contribution in [0.5, 0.6) is 0 Å². The van der Waals surface area contributed by atoms with E-state index in [2.05, 4.69) is 10.3 Å². The predicted molar refractivity (Wildman–Crippen MR) is 74.4 cm³/mol. The molecule has 0 bridgehead atoms. The Morgan fingerprint density at radius 1 is 1.55 bits per heavy atom. The summed E-state index contributed by atoms with van der Waals surface area (Å²) < 4.78 is 5.12. The van der Waals surface area contributed by atoms with E-state index in [9.17, 15) is 4.79 Å². The summed E-state index contributed by atoms with van der Waals surface area (Å²) in [6.07, 6.45) is 3.12. The smallest absolute Gasteiger partial charge is 0.262 e. The lowest BCUT2D eigenvalue weighted by atomic mass is 10.1. The van der Waals surface area contributed by atoms with E-state index in [0.29, 0.717) is 5.76 Å². The molecule has 0 fully saturated rings. The number of nitriles is 1. The molecule has 0 aliphatic heterocycles. The lowest BCUT2D eigenvalue weighted by Crippen LogP contribution is -2.23. The summed E-state index contributed by atoms with van der Waals surface area (Å²) in [5.74, 6) is 0.228. The molecule has 0 atom stereocenters. The highest BCUT2D eigenvalue weighted by Gasteiger charge is 2.10. The van der Waals surface area contributed by atoms with Crippen LogP contribution in [-0.2, 0) is 11.3 Å². The standard InChI is InChI=1S/C15H15N3O2/c1-10-6-12(11(2)18-10)7-13(8-16)15(19)17-9-14-4-3-5-20-14/h3-7,18H,9H2,1-2H3,(H,17,19)/b13-7+. The monoisotopic (exact) mass is 269 g/mol. The molecule has 5 heteroatoms. The lowest BCUT2D eigenvalue weighted by Gasteiger charge is -2.01. The van der Waals surface area contributed by atoms with Gasteiger partial charge in [0.15, 0.2) is 0 Å². The van der Waals surface area contributed by atoms with Crippen molar-refractivity contribution in [1.82, 2.24) is 10.3 Å². The molecular weight excluding hydrogens is 254 g/mol. The van der Waals surface area contributed by atoms with Crippen LogP contribution in [0.15, 0.2) is 34.5 Å². The molecule has 0 radical (unpaired) electrons. The first-order valence-corrected chi connectivity index (χ1v) is 6.18. The third-order valence-corrected chi connectivity index (χ3v) is 2.86. The average Bonchev–Trinajstić information content (AvgIpc) is 3.03. The minimum atomic E-state index is -0.415. The number of rotatable bonds is 4. The van der Waals surface area contributed by atoms with Gasteiger partial charge < -0.3 is 14.7 Å². The first-order chi connectivity index (χ1) is 9.60. The lowest BCUT2D eigenvalue weighted by molar-refractivity contribution is -0.117. The zero-order valence-corrected chi connectivity index (χ0v) is 11.4. The minimum absolute atomic E-state index is 0.0682. The molecule has 0 aliphatic carbocycles. The number of furan rings is 1. The van der Waals surface area contributed by atoms with Crippen molar-refractivity contribution in [2.24, 2.45) is 0 Å². The fourth-order valence-corrected chi connectivity index (χ4v) is 1.88. The van der Waals surface area contributed by atoms with Gasteiger partial charge >= 0.3 is 0 Å². The molecular formula is C15H15N3O2. The maximum Gasteiger partial charge on any atom is 0.262 e. The number of hydrogen-bond donors (Lipinski definition) is 2. The Bertz CT molecular complexity index is 673. The zero-order valence-electron chi connectivity index (χ0n) is 11.4. The second kappa shape index (κ2) is 5.93.